The molecule has 2 amide bonds. The summed E-state index contributed by atoms with van der Waals surface area (Å²) in [5.74, 6) is -0.170. The number of hydrogen-bond acceptors (Lipinski definition) is 3. The fourth-order valence-electron chi connectivity index (χ4n) is 3.69. The molecule has 25 heavy (non-hydrogen) atoms. The van der Waals surface area contributed by atoms with Gasteiger partial charge in [-0.1, -0.05) is 43.2 Å². The Labute approximate surface area is 149 Å². The zero-order chi connectivity index (χ0) is 17.5. The normalized spacial score (nSPS) is 19.1. The van der Waals surface area contributed by atoms with Gasteiger partial charge in [0.05, 0.1) is 6.10 Å². The van der Waals surface area contributed by atoms with E-state index in [9.17, 15) is 9.59 Å². The second kappa shape index (κ2) is 8.99. The molecule has 1 aliphatic heterocycles. The van der Waals surface area contributed by atoms with E-state index in [4.69, 9.17) is 4.74 Å². The Morgan fingerprint density at radius 1 is 1.08 bits per heavy atom. The zero-order valence-corrected chi connectivity index (χ0v) is 14.8. The Hall–Kier alpha value is -1.88. The fraction of sp³-hybridized carbons (Fsp3) is 0.600. The molecule has 0 unspecified atom stereocenters. The number of nitrogens with zero attached hydrogens (tertiary/aromatic N) is 1. The number of carbonyl (C=O) groups excluding carboxylic acids is 2. The van der Waals surface area contributed by atoms with Crippen molar-refractivity contribution in [3.8, 4) is 0 Å². The van der Waals surface area contributed by atoms with Gasteiger partial charge in [-0.05, 0) is 31.2 Å². The number of benzene rings is 1. The van der Waals surface area contributed by atoms with Crippen LogP contribution < -0.4 is 5.32 Å². The average Bonchev–Trinajstić information content (AvgIpc) is 3.33. The molecule has 5 nitrogen and oxygen atoms in total. The van der Waals surface area contributed by atoms with E-state index < -0.39 is 6.04 Å². The summed E-state index contributed by atoms with van der Waals surface area (Å²) in [5.41, 5.74) is 1.05. The maximum absolute atomic E-state index is 12.8. The van der Waals surface area contributed by atoms with Gasteiger partial charge in [0.15, 0.2) is 0 Å². The molecule has 1 heterocycles. The van der Waals surface area contributed by atoms with E-state index in [2.05, 4.69) is 5.32 Å². The molecule has 0 aromatic heterocycles. The number of nitrogens with one attached hydrogen (secondary N) is 1. The smallest absolute Gasteiger partial charge is 0.246 e. The van der Waals surface area contributed by atoms with Gasteiger partial charge in [0, 0.05) is 19.5 Å². The van der Waals surface area contributed by atoms with E-state index in [1.165, 1.54) is 12.8 Å². The molecule has 1 saturated heterocycles. The SMILES string of the molecule is O=C(COC1CCCC1)N[C@H](Cc1ccccc1)C(=O)N1CCCC1. The Balaban J connectivity index is 1.58. The molecule has 0 spiro atoms. The number of amides is 2. The molecule has 1 aromatic carbocycles. The summed E-state index contributed by atoms with van der Waals surface area (Å²) < 4.78 is 5.68. The highest BCUT2D eigenvalue weighted by atomic mass is 16.5. The first kappa shape index (κ1) is 17.9. The largest absolute Gasteiger partial charge is 0.368 e. The lowest BCUT2D eigenvalue weighted by atomic mass is 10.0. The molecule has 5 heteroatoms. The van der Waals surface area contributed by atoms with E-state index in [0.29, 0.717) is 6.42 Å². The number of rotatable bonds is 7. The van der Waals surface area contributed by atoms with Crippen LogP contribution in [0.2, 0.25) is 0 Å². The van der Waals surface area contributed by atoms with Gasteiger partial charge in [-0.15, -0.1) is 0 Å². The lowest BCUT2D eigenvalue weighted by Gasteiger charge is -2.24. The summed E-state index contributed by atoms with van der Waals surface area (Å²) in [6.07, 6.45) is 7.23. The number of ether oxygens (including phenoxy) is 1. The summed E-state index contributed by atoms with van der Waals surface area (Å²) in [6, 6.07) is 9.33. The van der Waals surface area contributed by atoms with Crippen molar-refractivity contribution in [2.75, 3.05) is 19.7 Å². The van der Waals surface area contributed by atoms with Crippen LogP contribution in [-0.2, 0) is 20.7 Å². The van der Waals surface area contributed by atoms with Crippen LogP contribution in [0.4, 0.5) is 0 Å². The molecule has 0 radical (unpaired) electrons. The first-order valence-corrected chi connectivity index (χ1v) is 9.46. The van der Waals surface area contributed by atoms with Crippen LogP contribution in [0.5, 0.6) is 0 Å². The summed E-state index contributed by atoms with van der Waals surface area (Å²) in [4.78, 5) is 27.0. The third kappa shape index (κ3) is 5.30. The molecular weight excluding hydrogens is 316 g/mol. The molecule has 3 rings (SSSR count). The summed E-state index contributed by atoms with van der Waals surface area (Å²) in [6.45, 7) is 1.63. The van der Waals surface area contributed by atoms with Crippen molar-refractivity contribution >= 4 is 11.8 Å². The Bertz CT molecular complexity index is 564. The van der Waals surface area contributed by atoms with Crippen LogP contribution in [-0.4, -0.2) is 48.6 Å². The van der Waals surface area contributed by atoms with E-state index in [0.717, 1.165) is 44.3 Å². The molecule has 1 N–H and O–H groups in total. The number of carbonyl (C=O) groups is 2. The topological polar surface area (TPSA) is 58.6 Å². The highest BCUT2D eigenvalue weighted by Crippen LogP contribution is 2.20. The minimum absolute atomic E-state index is 0.0237. The quantitative estimate of drug-likeness (QED) is 0.826. The second-order valence-corrected chi connectivity index (χ2v) is 7.06. The minimum atomic E-state index is -0.514. The van der Waals surface area contributed by atoms with E-state index in [-0.39, 0.29) is 24.5 Å². The predicted molar refractivity (Wildman–Crippen MR) is 96.1 cm³/mol. The van der Waals surface area contributed by atoms with Crippen LogP contribution in [0.15, 0.2) is 30.3 Å². The lowest BCUT2D eigenvalue weighted by molar-refractivity contribution is -0.137. The lowest BCUT2D eigenvalue weighted by Crippen LogP contribution is -2.50. The average molecular weight is 344 g/mol. The van der Waals surface area contributed by atoms with Gasteiger partial charge in [0.2, 0.25) is 11.8 Å². The molecule has 1 aromatic rings. The molecule has 1 saturated carbocycles. The maximum Gasteiger partial charge on any atom is 0.246 e. The first-order chi connectivity index (χ1) is 12.2. The third-order valence-corrected chi connectivity index (χ3v) is 5.09. The van der Waals surface area contributed by atoms with Crippen molar-refractivity contribution < 1.29 is 14.3 Å². The Morgan fingerprint density at radius 2 is 1.76 bits per heavy atom. The third-order valence-electron chi connectivity index (χ3n) is 5.09. The highest BCUT2D eigenvalue weighted by Gasteiger charge is 2.28. The van der Waals surface area contributed by atoms with Gasteiger partial charge in [0.25, 0.3) is 0 Å². The Morgan fingerprint density at radius 3 is 2.44 bits per heavy atom. The van der Waals surface area contributed by atoms with Crippen molar-refractivity contribution in [3.05, 3.63) is 35.9 Å². The molecular formula is C20H28N2O3. The summed E-state index contributed by atoms with van der Waals surface area (Å²) >= 11 is 0. The van der Waals surface area contributed by atoms with Gasteiger partial charge in [-0.25, -0.2) is 0 Å². The van der Waals surface area contributed by atoms with E-state index >= 15 is 0 Å². The summed E-state index contributed by atoms with van der Waals surface area (Å²) in [5, 5.41) is 2.91. The monoisotopic (exact) mass is 344 g/mol. The van der Waals surface area contributed by atoms with Gasteiger partial charge in [0.1, 0.15) is 12.6 Å². The Kier molecular flexibility index (Phi) is 6.45. The predicted octanol–water partition coefficient (Wildman–Crippen LogP) is 2.30. The molecule has 2 fully saturated rings. The highest BCUT2D eigenvalue weighted by molar-refractivity contribution is 5.88. The van der Waals surface area contributed by atoms with Crippen LogP contribution in [0.25, 0.3) is 0 Å². The second-order valence-electron chi connectivity index (χ2n) is 7.06. The van der Waals surface area contributed by atoms with Crippen LogP contribution in [0, 0.1) is 0 Å². The van der Waals surface area contributed by atoms with E-state index in [1.54, 1.807) is 0 Å². The fourth-order valence-corrected chi connectivity index (χ4v) is 3.69. The summed E-state index contributed by atoms with van der Waals surface area (Å²) in [7, 11) is 0. The van der Waals surface area contributed by atoms with Gasteiger partial charge < -0.3 is 15.0 Å². The molecule has 2 aliphatic rings. The minimum Gasteiger partial charge on any atom is -0.368 e. The number of likely N-dealkylation sites (tertiary alicyclic amines) is 1. The molecule has 1 atom stereocenters. The van der Waals surface area contributed by atoms with Crippen molar-refractivity contribution in [1.82, 2.24) is 10.2 Å². The van der Waals surface area contributed by atoms with Crippen molar-refractivity contribution in [2.45, 2.75) is 57.1 Å². The maximum atomic E-state index is 12.8. The van der Waals surface area contributed by atoms with Crippen LogP contribution >= 0.6 is 0 Å². The number of hydrogen-bond donors (Lipinski definition) is 1. The van der Waals surface area contributed by atoms with Crippen LogP contribution in [0.3, 0.4) is 0 Å². The molecule has 0 bridgehead atoms. The van der Waals surface area contributed by atoms with Gasteiger partial charge >= 0.3 is 0 Å². The van der Waals surface area contributed by atoms with Gasteiger partial charge in [-0.2, -0.15) is 0 Å². The zero-order valence-electron chi connectivity index (χ0n) is 14.8. The molecule has 136 valence electrons. The van der Waals surface area contributed by atoms with Crippen molar-refractivity contribution in [2.24, 2.45) is 0 Å². The molecule has 1 aliphatic carbocycles. The first-order valence-electron chi connectivity index (χ1n) is 9.46. The van der Waals surface area contributed by atoms with Crippen LogP contribution in [0.1, 0.15) is 44.1 Å². The standard InChI is InChI=1S/C20H28N2O3/c23-19(15-25-17-10-4-5-11-17)21-18(14-16-8-2-1-3-9-16)20(24)22-12-6-7-13-22/h1-3,8-9,17-18H,4-7,10-15H2,(H,21,23)/t18-/m1/s1. The van der Waals surface area contributed by atoms with Crippen molar-refractivity contribution in [1.29, 1.82) is 0 Å². The van der Waals surface area contributed by atoms with E-state index in [1.807, 2.05) is 35.2 Å². The van der Waals surface area contributed by atoms with Gasteiger partial charge in [-0.3, -0.25) is 9.59 Å². The van der Waals surface area contributed by atoms with Crippen molar-refractivity contribution in [3.63, 3.8) is 0 Å².